The van der Waals surface area contributed by atoms with E-state index in [0.29, 0.717) is 16.6 Å². The lowest BCUT2D eigenvalue weighted by atomic mass is 9.90. The van der Waals surface area contributed by atoms with E-state index in [1.807, 2.05) is 17.1 Å². The Balaban J connectivity index is 1.50. The summed E-state index contributed by atoms with van der Waals surface area (Å²) in [4.78, 5) is 12.3. The van der Waals surface area contributed by atoms with Crippen molar-refractivity contribution in [3.05, 3.63) is 58.9 Å². The van der Waals surface area contributed by atoms with Gasteiger partial charge in [0.2, 0.25) is 0 Å². The van der Waals surface area contributed by atoms with Crippen molar-refractivity contribution >= 4 is 29.0 Å². The van der Waals surface area contributed by atoms with Gasteiger partial charge in [-0.1, -0.05) is 23.7 Å². The number of nitrogens with zero attached hydrogens (tertiary/aromatic N) is 3. The predicted molar refractivity (Wildman–Crippen MR) is 91.1 cm³/mol. The summed E-state index contributed by atoms with van der Waals surface area (Å²) >= 11 is 5.97. The second kappa shape index (κ2) is 6.07. The highest BCUT2D eigenvalue weighted by atomic mass is 35.5. The highest BCUT2D eigenvalue weighted by Crippen LogP contribution is 2.38. The second-order valence-corrected chi connectivity index (χ2v) is 6.56. The van der Waals surface area contributed by atoms with Crippen molar-refractivity contribution in [1.29, 1.82) is 0 Å². The lowest BCUT2D eigenvalue weighted by molar-refractivity contribution is 0.188. The molecule has 24 heavy (non-hydrogen) atoms. The zero-order valence-electron chi connectivity index (χ0n) is 13.0. The Kier molecular flexibility index (Phi) is 3.90. The van der Waals surface area contributed by atoms with Gasteiger partial charge in [-0.15, -0.1) is 0 Å². The van der Waals surface area contributed by atoms with Crippen LogP contribution in [0.1, 0.15) is 24.3 Å². The largest absolute Gasteiger partial charge is 0.363 e. The molecule has 2 aromatic rings. The van der Waals surface area contributed by atoms with E-state index in [2.05, 4.69) is 5.32 Å². The average molecular weight is 345 g/mol. The minimum absolute atomic E-state index is 0.200. The van der Waals surface area contributed by atoms with Gasteiger partial charge in [0.25, 0.3) is 0 Å². The number of urea groups is 1. The summed E-state index contributed by atoms with van der Waals surface area (Å²) in [7, 11) is 0. The fourth-order valence-electron chi connectivity index (χ4n) is 3.45. The molecule has 6 heteroatoms. The van der Waals surface area contributed by atoms with Gasteiger partial charge < -0.3 is 0 Å². The Morgan fingerprint density at radius 3 is 2.67 bits per heavy atom. The molecular formula is C18H16ClFN3O. The Hall–Kier alpha value is -2.11. The molecule has 0 aliphatic carbocycles. The molecular weight excluding hydrogens is 329 g/mol. The van der Waals surface area contributed by atoms with E-state index in [-0.39, 0.29) is 11.8 Å². The molecule has 0 bridgehead atoms. The smallest absolute Gasteiger partial charge is 0.244 e. The van der Waals surface area contributed by atoms with E-state index >= 15 is 0 Å². The molecule has 0 unspecified atom stereocenters. The van der Waals surface area contributed by atoms with Gasteiger partial charge in [-0.05, 0) is 54.7 Å². The van der Waals surface area contributed by atoms with Crippen LogP contribution in [0.25, 0.3) is 0 Å². The maximum atomic E-state index is 13.4. The summed E-state index contributed by atoms with van der Waals surface area (Å²) in [5, 5.41) is 8.28. The molecule has 2 aliphatic rings. The van der Waals surface area contributed by atoms with Crippen molar-refractivity contribution in [3.8, 4) is 0 Å². The van der Waals surface area contributed by atoms with Gasteiger partial charge >= 0.3 is 6.03 Å². The van der Waals surface area contributed by atoms with E-state index in [0.717, 1.165) is 37.2 Å². The standard InChI is InChI=1S/C18H16ClFN3O/c19-14-4-5-17-16(11-14)21-18(24)23(17)22-8-6-12(7-9-22)13-2-1-3-15(20)10-13/h1-5,10-12H,6-9H2. The van der Waals surface area contributed by atoms with Crippen molar-refractivity contribution in [2.45, 2.75) is 18.8 Å². The lowest BCUT2D eigenvalue weighted by Gasteiger charge is -2.37. The van der Waals surface area contributed by atoms with Gasteiger partial charge in [-0.3, -0.25) is 0 Å². The fraction of sp³-hybridized carbons (Fsp3) is 0.278. The van der Waals surface area contributed by atoms with Crippen LogP contribution in [0.5, 0.6) is 0 Å². The van der Waals surface area contributed by atoms with E-state index in [4.69, 9.17) is 11.6 Å². The van der Waals surface area contributed by atoms with E-state index in [1.165, 1.54) is 6.07 Å². The highest BCUT2D eigenvalue weighted by molar-refractivity contribution is 6.31. The third-order valence-electron chi connectivity index (χ3n) is 4.64. The summed E-state index contributed by atoms with van der Waals surface area (Å²) in [6.45, 7) is 1.45. The molecule has 1 saturated heterocycles. The number of halogens is 2. The second-order valence-electron chi connectivity index (χ2n) is 6.12. The average Bonchev–Trinajstić information content (AvgIpc) is 2.90. The van der Waals surface area contributed by atoms with E-state index < -0.39 is 0 Å². The maximum absolute atomic E-state index is 13.4. The first kappa shape index (κ1) is 15.4. The van der Waals surface area contributed by atoms with Crippen molar-refractivity contribution in [2.24, 2.45) is 0 Å². The Labute approximate surface area is 144 Å². The molecule has 1 radical (unpaired) electrons. The van der Waals surface area contributed by atoms with Gasteiger partial charge in [0.15, 0.2) is 0 Å². The zero-order valence-corrected chi connectivity index (χ0v) is 13.7. The molecule has 0 saturated carbocycles. The lowest BCUT2D eigenvalue weighted by Crippen LogP contribution is -2.49. The Bertz CT molecular complexity index is 790. The molecule has 0 aromatic heterocycles. The number of amides is 2. The molecule has 123 valence electrons. The molecule has 1 fully saturated rings. The monoisotopic (exact) mass is 344 g/mol. The third kappa shape index (κ3) is 2.74. The predicted octanol–water partition coefficient (Wildman–Crippen LogP) is 4.45. The van der Waals surface area contributed by atoms with Crippen LogP contribution in [-0.4, -0.2) is 24.1 Å². The van der Waals surface area contributed by atoms with Crippen LogP contribution in [0, 0.1) is 5.82 Å². The SMILES string of the molecule is O=C1[N]c2cc(Cl)ccc2N1N1CCC(c2cccc(F)c2)CC1. The number of carbonyl (C=O) groups is 1. The Morgan fingerprint density at radius 1 is 1.12 bits per heavy atom. The molecule has 0 spiro atoms. The number of carbonyl (C=O) groups excluding carboxylic acids is 1. The van der Waals surface area contributed by atoms with Gasteiger partial charge in [-0.25, -0.2) is 19.2 Å². The maximum Gasteiger partial charge on any atom is 0.363 e. The summed E-state index contributed by atoms with van der Waals surface area (Å²) in [5.41, 5.74) is 2.41. The van der Waals surface area contributed by atoms with Crippen LogP contribution in [0.3, 0.4) is 0 Å². The first-order valence-corrected chi connectivity index (χ1v) is 8.35. The summed E-state index contributed by atoms with van der Waals surface area (Å²) < 4.78 is 13.4. The number of anilines is 1. The van der Waals surface area contributed by atoms with Crippen LogP contribution in [0.15, 0.2) is 42.5 Å². The van der Waals surface area contributed by atoms with Gasteiger partial charge in [-0.2, -0.15) is 5.32 Å². The Morgan fingerprint density at radius 2 is 1.92 bits per heavy atom. The topological polar surface area (TPSA) is 37.7 Å². The molecule has 4 rings (SSSR count). The summed E-state index contributed by atoms with van der Waals surface area (Å²) in [6.07, 6.45) is 1.74. The summed E-state index contributed by atoms with van der Waals surface area (Å²) in [6, 6.07) is 11.8. The molecule has 0 atom stereocenters. The van der Waals surface area contributed by atoms with Gasteiger partial charge in [0.1, 0.15) is 5.82 Å². The first-order chi connectivity index (χ1) is 11.6. The fourth-order valence-corrected chi connectivity index (χ4v) is 3.62. The molecule has 2 amide bonds. The number of benzene rings is 2. The van der Waals surface area contributed by atoms with E-state index in [1.54, 1.807) is 29.3 Å². The number of piperidine rings is 1. The van der Waals surface area contributed by atoms with E-state index in [9.17, 15) is 9.18 Å². The van der Waals surface area contributed by atoms with Crippen molar-refractivity contribution in [2.75, 3.05) is 18.1 Å². The molecule has 4 nitrogen and oxygen atoms in total. The number of fused-ring (bicyclic) bond motifs is 1. The first-order valence-electron chi connectivity index (χ1n) is 7.97. The van der Waals surface area contributed by atoms with Crippen LogP contribution in [0.2, 0.25) is 5.02 Å². The molecule has 0 N–H and O–H groups in total. The van der Waals surface area contributed by atoms with Crippen LogP contribution >= 0.6 is 11.6 Å². The summed E-state index contributed by atoms with van der Waals surface area (Å²) in [5.74, 6) is 0.116. The quantitative estimate of drug-likeness (QED) is 0.807. The molecule has 2 heterocycles. The van der Waals surface area contributed by atoms with Gasteiger partial charge in [0.05, 0.1) is 11.4 Å². The van der Waals surface area contributed by atoms with Crippen LogP contribution in [0.4, 0.5) is 20.6 Å². The number of hydrogen-bond donors (Lipinski definition) is 0. The van der Waals surface area contributed by atoms with Crippen molar-refractivity contribution in [3.63, 3.8) is 0 Å². The number of hydrazine groups is 1. The van der Waals surface area contributed by atoms with Crippen LogP contribution in [-0.2, 0) is 0 Å². The third-order valence-corrected chi connectivity index (χ3v) is 4.87. The minimum atomic E-state index is -0.281. The van der Waals surface area contributed by atoms with Crippen LogP contribution < -0.4 is 10.3 Å². The highest BCUT2D eigenvalue weighted by Gasteiger charge is 2.35. The van der Waals surface area contributed by atoms with Crippen molar-refractivity contribution < 1.29 is 9.18 Å². The zero-order chi connectivity index (χ0) is 16.7. The number of rotatable bonds is 2. The molecule has 2 aliphatic heterocycles. The number of hydrogen-bond acceptors (Lipinski definition) is 2. The van der Waals surface area contributed by atoms with Gasteiger partial charge in [0, 0.05) is 18.1 Å². The molecule has 2 aromatic carbocycles. The van der Waals surface area contributed by atoms with Crippen molar-refractivity contribution in [1.82, 2.24) is 10.3 Å². The minimum Gasteiger partial charge on any atom is -0.244 e. The normalized spacial score (nSPS) is 18.6.